The van der Waals surface area contributed by atoms with Crippen molar-refractivity contribution < 1.29 is 4.42 Å². The standard InChI is InChI=1S/C7H12OSi/c1-4-5(2)7(9)8-6(4)3/h1-3,9H3. The van der Waals surface area contributed by atoms with Crippen LogP contribution in [0.15, 0.2) is 4.42 Å². The summed E-state index contributed by atoms with van der Waals surface area (Å²) in [7, 11) is 1.03. The van der Waals surface area contributed by atoms with Crippen molar-refractivity contribution in [2.24, 2.45) is 0 Å². The van der Waals surface area contributed by atoms with Crippen LogP contribution in [0.3, 0.4) is 0 Å². The molecule has 0 saturated carbocycles. The molecule has 0 aliphatic rings. The van der Waals surface area contributed by atoms with Crippen LogP contribution in [-0.4, -0.2) is 10.2 Å². The van der Waals surface area contributed by atoms with Gasteiger partial charge in [0.1, 0.15) is 5.76 Å². The van der Waals surface area contributed by atoms with Crippen molar-refractivity contribution in [3.8, 4) is 0 Å². The molecule has 9 heavy (non-hydrogen) atoms. The molecule has 0 unspecified atom stereocenters. The largest absolute Gasteiger partial charge is 0.472 e. The molecule has 0 N–H and O–H groups in total. The summed E-state index contributed by atoms with van der Waals surface area (Å²) in [6, 6.07) is 0. The van der Waals surface area contributed by atoms with E-state index >= 15 is 0 Å². The fraction of sp³-hybridized carbons (Fsp3) is 0.429. The first-order valence-corrected chi connectivity index (χ1v) is 4.16. The smallest absolute Gasteiger partial charge is 0.103 e. The third kappa shape index (κ3) is 0.943. The minimum Gasteiger partial charge on any atom is -0.472 e. The van der Waals surface area contributed by atoms with Gasteiger partial charge in [-0.2, -0.15) is 0 Å². The maximum absolute atomic E-state index is 5.41. The van der Waals surface area contributed by atoms with Gasteiger partial charge in [-0.05, 0) is 31.9 Å². The molecule has 0 amide bonds. The zero-order valence-corrected chi connectivity index (χ0v) is 8.41. The molecule has 0 saturated heterocycles. The van der Waals surface area contributed by atoms with E-state index < -0.39 is 0 Å². The molecule has 0 aromatic carbocycles. The Morgan fingerprint density at radius 1 is 1.11 bits per heavy atom. The Bertz CT molecular complexity index is 203. The lowest BCUT2D eigenvalue weighted by atomic mass is 10.2. The molecular weight excluding hydrogens is 128 g/mol. The topological polar surface area (TPSA) is 13.1 Å². The molecule has 0 aliphatic carbocycles. The van der Waals surface area contributed by atoms with Crippen LogP contribution in [0.25, 0.3) is 0 Å². The van der Waals surface area contributed by atoms with E-state index in [1.54, 1.807) is 0 Å². The molecule has 1 nitrogen and oxygen atoms in total. The van der Waals surface area contributed by atoms with Gasteiger partial charge in [0, 0.05) is 0 Å². The molecule has 0 fully saturated rings. The van der Waals surface area contributed by atoms with Crippen molar-refractivity contribution in [3.05, 3.63) is 16.9 Å². The lowest BCUT2D eigenvalue weighted by molar-refractivity contribution is 0.562. The van der Waals surface area contributed by atoms with Gasteiger partial charge in [-0.1, -0.05) is 0 Å². The van der Waals surface area contributed by atoms with Crippen LogP contribution in [0.2, 0.25) is 0 Å². The number of furan rings is 1. The molecule has 50 valence electrons. The SMILES string of the molecule is Cc1oc([SiH3])c(C)c1C. The molecule has 0 aliphatic heterocycles. The van der Waals surface area contributed by atoms with E-state index in [1.165, 1.54) is 16.5 Å². The molecule has 0 spiro atoms. The van der Waals surface area contributed by atoms with Crippen molar-refractivity contribution in [3.63, 3.8) is 0 Å². The first-order valence-electron chi connectivity index (χ1n) is 3.16. The van der Waals surface area contributed by atoms with Crippen LogP contribution in [0.5, 0.6) is 0 Å². The fourth-order valence-corrected chi connectivity index (χ4v) is 1.59. The first-order chi connectivity index (χ1) is 4.13. The number of hydrogen-bond acceptors (Lipinski definition) is 1. The Balaban J connectivity index is 3.29. The van der Waals surface area contributed by atoms with Gasteiger partial charge >= 0.3 is 0 Å². The van der Waals surface area contributed by atoms with Crippen LogP contribution in [-0.2, 0) is 0 Å². The van der Waals surface area contributed by atoms with Gasteiger partial charge in [0.05, 0.1) is 15.6 Å². The predicted molar refractivity (Wildman–Crippen MR) is 42.5 cm³/mol. The zero-order valence-electron chi connectivity index (χ0n) is 6.41. The Morgan fingerprint density at radius 2 is 1.67 bits per heavy atom. The van der Waals surface area contributed by atoms with E-state index in [0.29, 0.717) is 0 Å². The van der Waals surface area contributed by atoms with Gasteiger partial charge in [0.25, 0.3) is 0 Å². The Labute approximate surface area is 58.5 Å². The summed E-state index contributed by atoms with van der Waals surface area (Å²) in [4.78, 5) is 0. The number of aryl methyl sites for hydroxylation is 1. The highest BCUT2D eigenvalue weighted by Gasteiger charge is 2.03. The van der Waals surface area contributed by atoms with Crippen molar-refractivity contribution >= 4 is 15.6 Å². The van der Waals surface area contributed by atoms with Crippen LogP contribution < -0.4 is 5.38 Å². The van der Waals surface area contributed by atoms with E-state index in [0.717, 1.165) is 16.0 Å². The van der Waals surface area contributed by atoms with E-state index in [2.05, 4.69) is 13.8 Å². The van der Waals surface area contributed by atoms with E-state index in [9.17, 15) is 0 Å². The summed E-state index contributed by atoms with van der Waals surface area (Å²) >= 11 is 0. The summed E-state index contributed by atoms with van der Waals surface area (Å²) in [5.74, 6) is 1.08. The molecule has 1 heterocycles. The molecule has 0 radical (unpaired) electrons. The maximum atomic E-state index is 5.41. The van der Waals surface area contributed by atoms with E-state index in [4.69, 9.17) is 4.42 Å². The first kappa shape index (κ1) is 6.61. The van der Waals surface area contributed by atoms with Gasteiger partial charge in [0.15, 0.2) is 0 Å². The van der Waals surface area contributed by atoms with Crippen molar-refractivity contribution in [1.82, 2.24) is 0 Å². The van der Waals surface area contributed by atoms with Gasteiger partial charge < -0.3 is 4.42 Å². The van der Waals surface area contributed by atoms with Crippen LogP contribution >= 0.6 is 0 Å². The summed E-state index contributed by atoms with van der Waals surface area (Å²) < 4.78 is 5.41. The van der Waals surface area contributed by atoms with E-state index in [1.807, 2.05) is 6.92 Å². The minimum absolute atomic E-state index is 1.03. The summed E-state index contributed by atoms with van der Waals surface area (Å²) in [5, 5.41) is 1.19. The van der Waals surface area contributed by atoms with Crippen molar-refractivity contribution in [2.75, 3.05) is 0 Å². The molecule has 1 aromatic heterocycles. The quantitative estimate of drug-likeness (QED) is 0.469. The Hall–Kier alpha value is -0.503. The van der Waals surface area contributed by atoms with E-state index in [-0.39, 0.29) is 0 Å². The van der Waals surface area contributed by atoms with Crippen molar-refractivity contribution in [2.45, 2.75) is 20.8 Å². The maximum Gasteiger partial charge on any atom is 0.103 e. The minimum atomic E-state index is 1.03. The fourth-order valence-electron chi connectivity index (χ4n) is 0.911. The molecule has 1 aromatic rings. The summed E-state index contributed by atoms with van der Waals surface area (Å²) in [6.07, 6.45) is 0. The van der Waals surface area contributed by atoms with Gasteiger partial charge in [-0.3, -0.25) is 0 Å². The highest BCUT2D eigenvalue weighted by atomic mass is 28.1. The van der Waals surface area contributed by atoms with Gasteiger partial charge in [0.2, 0.25) is 0 Å². The molecule has 2 heteroatoms. The average molecular weight is 140 g/mol. The monoisotopic (exact) mass is 140 g/mol. The second-order valence-electron chi connectivity index (χ2n) is 2.46. The molecule has 1 rings (SSSR count). The lowest BCUT2D eigenvalue weighted by Crippen LogP contribution is -2.00. The van der Waals surface area contributed by atoms with Crippen LogP contribution in [0, 0.1) is 20.8 Å². The number of rotatable bonds is 0. The molecule has 0 bridgehead atoms. The van der Waals surface area contributed by atoms with Gasteiger partial charge in [-0.25, -0.2) is 0 Å². The molecule has 0 atom stereocenters. The van der Waals surface area contributed by atoms with Crippen LogP contribution in [0.1, 0.15) is 16.9 Å². The van der Waals surface area contributed by atoms with Crippen LogP contribution in [0.4, 0.5) is 0 Å². The highest BCUT2D eigenvalue weighted by Crippen LogP contribution is 2.09. The predicted octanol–water partition coefficient (Wildman–Crippen LogP) is 0.196. The second-order valence-corrected chi connectivity index (χ2v) is 3.37. The molecular formula is C7H12OSi. The second kappa shape index (κ2) is 2.03. The lowest BCUT2D eigenvalue weighted by Gasteiger charge is -1.85. The average Bonchev–Trinajstić information content (AvgIpc) is 1.98. The normalized spacial score (nSPS) is 10.6. The Kier molecular flexibility index (Phi) is 1.49. The van der Waals surface area contributed by atoms with Gasteiger partial charge in [-0.15, -0.1) is 0 Å². The van der Waals surface area contributed by atoms with Crippen molar-refractivity contribution in [1.29, 1.82) is 0 Å². The summed E-state index contributed by atoms with van der Waals surface area (Å²) in [5.41, 5.74) is 2.67. The summed E-state index contributed by atoms with van der Waals surface area (Å²) in [6.45, 7) is 6.24. The number of hydrogen-bond donors (Lipinski definition) is 0. The zero-order chi connectivity index (χ0) is 7.02. The highest BCUT2D eigenvalue weighted by molar-refractivity contribution is 6.30. The third-order valence-electron chi connectivity index (χ3n) is 1.92. The third-order valence-corrected chi connectivity index (χ3v) is 2.88. The Morgan fingerprint density at radius 3 is 1.78 bits per heavy atom.